The van der Waals surface area contributed by atoms with Gasteiger partial charge in [0.15, 0.2) is 0 Å². The van der Waals surface area contributed by atoms with Crippen LogP contribution >= 0.6 is 15.9 Å². The number of para-hydroxylation sites is 1. The highest BCUT2D eigenvalue weighted by atomic mass is 79.9. The van der Waals surface area contributed by atoms with E-state index >= 15 is 0 Å². The Hall–Kier alpha value is -1.32. The first-order valence-electron chi connectivity index (χ1n) is 7.52. The fourth-order valence-electron chi connectivity index (χ4n) is 2.63. The molecule has 0 bridgehead atoms. The number of anilines is 2. The Balaban J connectivity index is 2.47. The van der Waals surface area contributed by atoms with Crippen molar-refractivity contribution in [2.24, 2.45) is 0 Å². The zero-order valence-corrected chi connectivity index (χ0v) is 14.5. The van der Waals surface area contributed by atoms with Gasteiger partial charge in [0.1, 0.15) is 0 Å². The number of nitrogens with zero attached hydrogens (tertiary/aromatic N) is 1. The van der Waals surface area contributed by atoms with Crippen molar-refractivity contribution in [3.8, 4) is 0 Å². The molecule has 3 heteroatoms. The second kappa shape index (κ2) is 7.62. The number of nitrogens with one attached hydrogen (secondary N) is 1. The minimum absolute atomic E-state index is 0.330. The molecule has 0 saturated heterocycles. The van der Waals surface area contributed by atoms with Crippen LogP contribution in [-0.2, 0) is 0 Å². The summed E-state index contributed by atoms with van der Waals surface area (Å²) in [5.41, 5.74) is 3.81. The van der Waals surface area contributed by atoms with Crippen LogP contribution in [0.15, 0.2) is 53.0 Å². The third kappa shape index (κ3) is 3.86. The molecule has 2 rings (SSSR count). The van der Waals surface area contributed by atoms with Crippen LogP contribution < -0.4 is 10.2 Å². The van der Waals surface area contributed by atoms with E-state index in [4.69, 9.17) is 0 Å². The van der Waals surface area contributed by atoms with E-state index in [9.17, 15) is 0 Å². The molecule has 21 heavy (non-hydrogen) atoms. The van der Waals surface area contributed by atoms with Crippen molar-refractivity contribution >= 4 is 27.3 Å². The maximum atomic E-state index is 3.61. The summed E-state index contributed by atoms with van der Waals surface area (Å²) in [6, 6.07) is 17.4. The standard InChI is InChI=1S/C18H23BrN2/c1-4-20-14(3)17-12-11-15(19)13-18(17)21(5-2)16-9-7-6-8-10-16/h6-14,20H,4-5H2,1-3H3. The third-order valence-electron chi connectivity index (χ3n) is 3.64. The van der Waals surface area contributed by atoms with Gasteiger partial charge >= 0.3 is 0 Å². The lowest BCUT2D eigenvalue weighted by molar-refractivity contribution is 0.597. The van der Waals surface area contributed by atoms with Gasteiger partial charge in [0.05, 0.1) is 0 Å². The number of rotatable bonds is 6. The van der Waals surface area contributed by atoms with Gasteiger partial charge in [-0.3, -0.25) is 0 Å². The maximum absolute atomic E-state index is 3.61. The average molecular weight is 347 g/mol. The number of hydrogen-bond donors (Lipinski definition) is 1. The zero-order valence-electron chi connectivity index (χ0n) is 12.9. The molecular formula is C18H23BrN2. The SMILES string of the molecule is CCNC(C)c1ccc(Br)cc1N(CC)c1ccccc1. The molecule has 0 heterocycles. The summed E-state index contributed by atoms with van der Waals surface area (Å²) in [6.07, 6.45) is 0. The van der Waals surface area contributed by atoms with Crippen LogP contribution in [0.25, 0.3) is 0 Å². The fourth-order valence-corrected chi connectivity index (χ4v) is 2.98. The zero-order chi connectivity index (χ0) is 15.2. The molecule has 0 saturated carbocycles. The van der Waals surface area contributed by atoms with Gasteiger partial charge in [-0.2, -0.15) is 0 Å². The highest BCUT2D eigenvalue weighted by Crippen LogP contribution is 2.34. The molecule has 0 aliphatic carbocycles. The van der Waals surface area contributed by atoms with E-state index in [-0.39, 0.29) is 0 Å². The van der Waals surface area contributed by atoms with Crippen LogP contribution in [0.2, 0.25) is 0 Å². The lowest BCUT2D eigenvalue weighted by Crippen LogP contribution is -2.23. The number of hydrogen-bond acceptors (Lipinski definition) is 2. The molecule has 0 aliphatic heterocycles. The van der Waals surface area contributed by atoms with Gasteiger partial charge < -0.3 is 10.2 Å². The van der Waals surface area contributed by atoms with Gasteiger partial charge in [-0.1, -0.05) is 47.1 Å². The van der Waals surface area contributed by atoms with Crippen LogP contribution in [0, 0.1) is 0 Å². The Morgan fingerprint density at radius 3 is 2.43 bits per heavy atom. The summed E-state index contributed by atoms with van der Waals surface area (Å²) in [4.78, 5) is 2.36. The van der Waals surface area contributed by atoms with E-state index in [1.54, 1.807) is 0 Å². The van der Waals surface area contributed by atoms with Crippen molar-refractivity contribution in [1.29, 1.82) is 0 Å². The molecule has 2 aromatic carbocycles. The third-order valence-corrected chi connectivity index (χ3v) is 4.14. The van der Waals surface area contributed by atoms with E-state index in [0.29, 0.717) is 6.04 Å². The van der Waals surface area contributed by atoms with Gasteiger partial charge in [0, 0.05) is 28.4 Å². The molecule has 1 atom stereocenters. The molecule has 112 valence electrons. The second-order valence-electron chi connectivity index (χ2n) is 5.06. The molecule has 2 aromatic rings. The predicted octanol–water partition coefficient (Wildman–Crippen LogP) is 5.28. The van der Waals surface area contributed by atoms with Crippen molar-refractivity contribution < 1.29 is 0 Å². The summed E-state index contributed by atoms with van der Waals surface area (Å²) >= 11 is 3.61. The topological polar surface area (TPSA) is 15.3 Å². The first kappa shape index (κ1) is 16.1. The molecule has 0 amide bonds. The van der Waals surface area contributed by atoms with Crippen LogP contribution in [0.4, 0.5) is 11.4 Å². The molecule has 0 fully saturated rings. The largest absolute Gasteiger partial charge is 0.341 e. The average Bonchev–Trinajstić information content (AvgIpc) is 2.49. The summed E-state index contributed by atoms with van der Waals surface area (Å²) in [6.45, 7) is 8.45. The molecule has 0 aliphatic rings. The second-order valence-corrected chi connectivity index (χ2v) is 5.98. The van der Waals surface area contributed by atoms with Gasteiger partial charge in [-0.25, -0.2) is 0 Å². The molecule has 2 nitrogen and oxygen atoms in total. The first-order valence-corrected chi connectivity index (χ1v) is 8.32. The van der Waals surface area contributed by atoms with Crippen LogP contribution in [0.3, 0.4) is 0 Å². The summed E-state index contributed by atoms with van der Waals surface area (Å²) in [5.74, 6) is 0. The van der Waals surface area contributed by atoms with Gasteiger partial charge in [-0.05, 0) is 50.2 Å². The monoisotopic (exact) mass is 346 g/mol. The molecule has 0 aromatic heterocycles. The van der Waals surface area contributed by atoms with E-state index < -0.39 is 0 Å². The summed E-state index contributed by atoms with van der Waals surface area (Å²) < 4.78 is 1.11. The number of benzene rings is 2. The molecule has 0 spiro atoms. The Bertz CT molecular complexity index is 569. The van der Waals surface area contributed by atoms with Crippen LogP contribution in [-0.4, -0.2) is 13.1 Å². The highest BCUT2D eigenvalue weighted by Gasteiger charge is 2.16. The number of halogens is 1. The smallest absolute Gasteiger partial charge is 0.0470 e. The van der Waals surface area contributed by atoms with E-state index in [2.05, 4.69) is 95.4 Å². The fraction of sp³-hybridized carbons (Fsp3) is 0.333. The highest BCUT2D eigenvalue weighted by molar-refractivity contribution is 9.10. The Morgan fingerprint density at radius 2 is 1.81 bits per heavy atom. The normalized spacial score (nSPS) is 12.2. The van der Waals surface area contributed by atoms with Crippen LogP contribution in [0.1, 0.15) is 32.4 Å². The maximum Gasteiger partial charge on any atom is 0.0470 e. The molecule has 0 radical (unpaired) electrons. The lowest BCUT2D eigenvalue weighted by Gasteiger charge is -2.28. The van der Waals surface area contributed by atoms with Crippen molar-refractivity contribution in [1.82, 2.24) is 5.32 Å². The predicted molar refractivity (Wildman–Crippen MR) is 95.4 cm³/mol. The Kier molecular flexibility index (Phi) is 5.83. The van der Waals surface area contributed by atoms with Gasteiger partial charge in [-0.15, -0.1) is 0 Å². The molecular weight excluding hydrogens is 324 g/mol. The quantitative estimate of drug-likeness (QED) is 0.765. The van der Waals surface area contributed by atoms with Crippen molar-refractivity contribution in [2.45, 2.75) is 26.8 Å². The molecule has 1 unspecified atom stereocenters. The summed E-state index contributed by atoms with van der Waals surface area (Å²) in [7, 11) is 0. The van der Waals surface area contributed by atoms with Gasteiger partial charge in [0.2, 0.25) is 0 Å². The summed E-state index contributed by atoms with van der Waals surface area (Å²) in [5, 5.41) is 3.51. The van der Waals surface area contributed by atoms with Gasteiger partial charge in [0.25, 0.3) is 0 Å². The lowest BCUT2D eigenvalue weighted by atomic mass is 10.0. The van der Waals surface area contributed by atoms with E-state index in [1.807, 2.05) is 0 Å². The molecule has 1 N–H and O–H groups in total. The van der Waals surface area contributed by atoms with E-state index in [0.717, 1.165) is 17.6 Å². The minimum atomic E-state index is 0.330. The first-order chi connectivity index (χ1) is 10.2. The van der Waals surface area contributed by atoms with Crippen molar-refractivity contribution in [3.63, 3.8) is 0 Å². The van der Waals surface area contributed by atoms with Crippen molar-refractivity contribution in [2.75, 3.05) is 18.0 Å². The van der Waals surface area contributed by atoms with E-state index in [1.165, 1.54) is 16.9 Å². The van der Waals surface area contributed by atoms with Crippen LogP contribution in [0.5, 0.6) is 0 Å². The minimum Gasteiger partial charge on any atom is -0.341 e. The Labute approximate surface area is 136 Å². The Morgan fingerprint density at radius 1 is 1.10 bits per heavy atom. The van der Waals surface area contributed by atoms with Crippen molar-refractivity contribution in [3.05, 3.63) is 58.6 Å².